The molecule has 0 aliphatic carbocycles. The summed E-state index contributed by atoms with van der Waals surface area (Å²) < 4.78 is 6.86. The second-order valence-electron chi connectivity index (χ2n) is 6.54. The molecule has 3 rings (SSSR count). The van der Waals surface area contributed by atoms with Gasteiger partial charge in [-0.25, -0.2) is 4.79 Å². The maximum absolute atomic E-state index is 12.8. The molecule has 8 heteroatoms. The molecule has 3 aromatic rings. The quantitative estimate of drug-likeness (QED) is 0.660. The van der Waals surface area contributed by atoms with E-state index in [0.717, 1.165) is 10.5 Å². The topological polar surface area (TPSA) is 110 Å². The van der Waals surface area contributed by atoms with Crippen LogP contribution in [0.4, 0.5) is 11.5 Å². The summed E-state index contributed by atoms with van der Waals surface area (Å²) in [5.74, 6) is -0.0426. The molecule has 0 saturated heterocycles. The SMILES string of the molecule is CC(Oc1ccccc1)C(=O)N(C)c1c(N)n(Cc2ccccc2)c(=O)[nH]c1=O. The van der Waals surface area contributed by atoms with Crippen LogP contribution in [0.25, 0.3) is 0 Å². The van der Waals surface area contributed by atoms with Crippen molar-refractivity contribution in [2.24, 2.45) is 0 Å². The molecule has 1 unspecified atom stereocenters. The average Bonchev–Trinajstić information content (AvgIpc) is 2.71. The average molecular weight is 394 g/mol. The normalized spacial score (nSPS) is 11.7. The first-order valence-corrected chi connectivity index (χ1v) is 9.04. The molecule has 2 aromatic carbocycles. The summed E-state index contributed by atoms with van der Waals surface area (Å²) in [6, 6.07) is 18.1. The first kappa shape index (κ1) is 19.9. The van der Waals surface area contributed by atoms with Crippen molar-refractivity contribution in [1.29, 1.82) is 0 Å². The Morgan fingerprint density at radius 1 is 1.10 bits per heavy atom. The molecule has 150 valence electrons. The molecule has 29 heavy (non-hydrogen) atoms. The standard InChI is InChI=1S/C21H22N4O4/c1-14(29-16-11-7-4-8-12-16)20(27)24(2)17-18(22)25(21(28)23-19(17)26)13-15-9-5-3-6-10-15/h3-12,14H,13,22H2,1-2H3,(H,23,26,28). The lowest BCUT2D eigenvalue weighted by Crippen LogP contribution is -2.43. The molecule has 1 amide bonds. The number of carbonyl (C=O) groups is 1. The predicted octanol–water partition coefficient (Wildman–Crippen LogP) is 1.60. The number of para-hydroxylation sites is 1. The van der Waals surface area contributed by atoms with Crippen molar-refractivity contribution in [1.82, 2.24) is 9.55 Å². The Kier molecular flexibility index (Phi) is 5.82. The minimum atomic E-state index is -0.865. The number of nitrogens with zero attached hydrogens (tertiary/aromatic N) is 2. The van der Waals surface area contributed by atoms with Crippen molar-refractivity contribution in [3.05, 3.63) is 87.1 Å². The van der Waals surface area contributed by atoms with Crippen molar-refractivity contribution in [3.8, 4) is 5.75 Å². The zero-order valence-corrected chi connectivity index (χ0v) is 16.2. The van der Waals surface area contributed by atoms with Gasteiger partial charge in [0.15, 0.2) is 11.8 Å². The Morgan fingerprint density at radius 3 is 2.31 bits per heavy atom. The molecule has 0 aliphatic rings. The lowest BCUT2D eigenvalue weighted by atomic mass is 10.2. The summed E-state index contributed by atoms with van der Waals surface area (Å²) in [6.45, 7) is 1.74. The number of aromatic nitrogens is 2. The third kappa shape index (κ3) is 4.37. The van der Waals surface area contributed by atoms with Crippen LogP contribution in [0, 0.1) is 0 Å². The van der Waals surface area contributed by atoms with Crippen molar-refractivity contribution in [3.63, 3.8) is 0 Å². The molecular weight excluding hydrogens is 372 g/mol. The smallest absolute Gasteiger partial charge is 0.330 e. The van der Waals surface area contributed by atoms with Gasteiger partial charge in [-0.1, -0.05) is 48.5 Å². The number of H-pyrrole nitrogens is 1. The number of hydrogen-bond acceptors (Lipinski definition) is 5. The maximum atomic E-state index is 12.8. The number of hydrogen-bond donors (Lipinski definition) is 2. The number of nitrogens with one attached hydrogen (secondary N) is 1. The van der Waals surface area contributed by atoms with E-state index in [1.54, 1.807) is 31.2 Å². The third-order valence-corrected chi connectivity index (χ3v) is 4.47. The van der Waals surface area contributed by atoms with E-state index in [0.29, 0.717) is 5.75 Å². The van der Waals surface area contributed by atoms with Gasteiger partial charge in [-0.2, -0.15) is 0 Å². The minimum Gasteiger partial charge on any atom is -0.481 e. The van der Waals surface area contributed by atoms with Gasteiger partial charge in [-0.15, -0.1) is 0 Å². The number of anilines is 2. The number of benzene rings is 2. The Bertz CT molecular complexity index is 1110. The van der Waals surface area contributed by atoms with E-state index >= 15 is 0 Å². The highest BCUT2D eigenvalue weighted by Crippen LogP contribution is 2.19. The molecule has 1 atom stereocenters. The fraction of sp³-hybridized carbons (Fsp3) is 0.190. The first-order chi connectivity index (χ1) is 13.9. The molecule has 0 radical (unpaired) electrons. The van der Waals surface area contributed by atoms with E-state index in [4.69, 9.17) is 10.5 Å². The third-order valence-electron chi connectivity index (χ3n) is 4.47. The predicted molar refractivity (Wildman–Crippen MR) is 111 cm³/mol. The summed E-state index contributed by atoms with van der Waals surface area (Å²) >= 11 is 0. The number of aromatic amines is 1. The molecule has 1 aromatic heterocycles. The van der Waals surface area contributed by atoms with Crippen molar-refractivity contribution >= 4 is 17.4 Å². The largest absolute Gasteiger partial charge is 0.481 e. The molecule has 3 N–H and O–H groups in total. The Hall–Kier alpha value is -3.81. The molecule has 0 aliphatic heterocycles. The van der Waals surface area contributed by atoms with Crippen molar-refractivity contribution in [2.75, 3.05) is 17.7 Å². The zero-order valence-electron chi connectivity index (χ0n) is 16.2. The monoisotopic (exact) mass is 394 g/mol. The Balaban J connectivity index is 1.90. The van der Waals surface area contributed by atoms with E-state index < -0.39 is 23.3 Å². The summed E-state index contributed by atoms with van der Waals surface area (Å²) in [6.07, 6.45) is -0.865. The number of carbonyl (C=O) groups excluding carboxylic acids is 1. The second-order valence-corrected chi connectivity index (χ2v) is 6.54. The first-order valence-electron chi connectivity index (χ1n) is 9.04. The highest BCUT2D eigenvalue weighted by Gasteiger charge is 2.26. The minimum absolute atomic E-state index is 0.0923. The number of ether oxygens (including phenoxy) is 1. The van der Waals surface area contributed by atoms with E-state index in [2.05, 4.69) is 4.98 Å². The van der Waals surface area contributed by atoms with Gasteiger partial charge in [0.05, 0.1) is 6.54 Å². The van der Waals surface area contributed by atoms with E-state index in [1.807, 2.05) is 36.4 Å². The van der Waals surface area contributed by atoms with Crippen LogP contribution in [-0.4, -0.2) is 28.6 Å². The lowest BCUT2D eigenvalue weighted by molar-refractivity contribution is -0.124. The van der Waals surface area contributed by atoms with E-state index in [9.17, 15) is 14.4 Å². The van der Waals surface area contributed by atoms with Crippen LogP contribution in [0.1, 0.15) is 12.5 Å². The molecule has 8 nitrogen and oxygen atoms in total. The van der Waals surface area contributed by atoms with Crippen LogP contribution in [0.3, 0.4) is 0 Å². The summed E-state index contributed by atoms with van der Waals surface area (Å²) in [4.78, 5) is 40.8. The number of likely N-dealkylation sites (N-methyl/N-ethyl adjacent to an activating group) is 1. The fourth-order valence-electron chi connectivity index (χ4n) is 2.96. The summed E-state index contributed by atoms with van der Waals surface area (Å²) in [5.41, 5.74) is 5.48. The lowest BCUT2D eigenvalue weighted by Gasteiger charge is -2.23. The molecule has 0 saturated carbocycles. The highest BCUT2D eigenvalue weighted by atomic mass is 16.5. The van der Waals surface area contributed by atoms with Crippen LogP contribution in [0.5, 0.6) is 5.75 Å². The van der Waals surface area contributed by atoms with E-state index in [1.165, 1.54) is 11.6 Å². The number of nitrogen functional groups attached to an aromatic ring is 1. The van der Waals surface area contributed by atoms with Crippen LogP contribution >= 0.6 is 0 Å². The van der Waals surface area contributed by atoms with Gasteiger partial charge in [-0.05, 0) is 24.6 Å². The number of rotatable bonds is 6. The molecule has 1 heterocycles. The fourth-order valence-corrected chi connectivity index (χ4v) is 2.96. The highest BCUT2D eigenvalue weighted by molar-refractivity contribution is 5.97. The molecule has 0 bridgehead atoms. The number of nitrogens with two attached hydrogens (primary N) is 1. The molecule has 0 fully saturated rings. The molecular formula is C21H22N4O4. The zero-order chi connectivity index (χ0) is 21.0. The number of amides is 1. The maximum Gasteiger partial charge on any atom is 0.330 e. The van der Waals surface area contributed by atoms with Crippen molar-refractivity contribution < 1.29 is 9.53 Å². The van der Waals surface area contributed by atoms with Gasteiger partial charge >= 0.3 is 5.69 Å². The van der Waals surface area contributed by atoms with Gasteiger partial charge in [0, 0.05) is 7.05 Å². The Labute approximate surface area is 167 Å². The van der Waals surface area contributed by atoms with Gasteiger partial charge in [-0.3, -0.25) is 19.1 Å². The van der Waals surface area contributed by atoms with Gasteiger partial charge in [0.2, 0.25) is 0 Å². The van der Waals surface area contributed by atoms with Crippen LogP contribution in [0.2, 0.25) is 0 Å². The summed E-state index contributed by atoms with van der Waals surface area (Å²) in [5, 5.41) is 0. The van der Waals surface area contributed by atoms with Gasteiger partial charge < -0.3 is 15.4 Å². The van der Waals surface area contributed by atoms with Crippen LogP contribution < -0.4 is 26.6 Å². The summed E-state index contributed by atoms with van der Waals surface area (Å²) in [7, 11) is 1.42. The van der Waals surface area contributed by atoms with Gasteiger partial charge in [0.1, 0.15) is 11.6 Å². The van der Waals surface area contributed by atoms with Gasteiger partial charge in [0.25, 0.3) is 11.5 Å². The van der Waals surface area contributed by atoms with Crippen LogP contribution in [-0.2, 0) is 11.3 Å². The second kappa shape index (κ2) is 8.47. The van der Waals surface area contributed by atoms with Crippen LogP contribution in [0.15, 0.2) is 70.3 Å². The molecule has 0 spiro atoms. The van der Waals surface area contributed by atoms with E-state index in [-0.39, 0.29) is 18.1 Å². The Morgan fingerprint density at radius 2 is 1.69 bits per heavy atom. The van der Waals surface area contributed by atoms with Crippen molar-refractivity contribution in [2.45, 2.75) is 19.6 Å².